The van der Waals surface area contributed by atoms with Crippen molar-refractivity contribution in [1.29, 1.82) is 0 Å². The molecule has 3 rings (SSSR count). The van der Waals surface area contributed by atoms with Crippen LogP contribution >= 0.6 is 11.6 Å². The van der Waals surface area contributed by atoms with Crippen LogP contribution in [0.5, 0.6) is 5.75 Å². The molecule has 7 nitrogen and oxygen atoms in total. The summed E-state index contributed by atoms with van der Waals surface area (Å²) in [6, 6.07) is 12.9. The summed E-state index contributed by atoms with van der Waals surface area (Å²) in [7, 11) is -3.81. The molecule has 0 radical (unpaired) electrons. The van der Waals surface area contributed by atoms with Crippen LogP contribution in [0.15, 0.2) is 53.4 Å². The second-order valence-corrected chi connectivity index (χ2v) is 9.19. The van der Waals surface area contributed by atoms with Crippen LogP contribution in [0.2, 0.25) is 5.02 Å². The van der Waals surface area contributed by atoms with E-state index >= 15 is 0 Å². The van der Waals surface area contributed by atoms with Gasteiger partial charge in [-0.05, 0) is 56.3 Å². The first-order valence-electron chi connectivity index (χ1n) is 9.84. The molecule has 1 amide bonds. The van der Waals surface area contributed by atoms with Gasteiger partial charge in [0.2, 0.25) is 15.9 Å². The average Bonchev–Trinajstić information content (AvgIpc) is 2.73. The lowest BCUT2D eigenvalue weighted by Crippen LogP contribution is -2.54. The molecule has 0 bridgehead atoms. The quantitative estimate of drug-likeness (QED) is 0.700. The Labute approximate surface area is 182 Å². The summed E-state index contributed by atoms with van der Waals surface area (Å²) < 4.78 is 33.1. The van der Waals surface area contributed by atoms with Crippen LogP contribution in [0.25, 0.3) is 0 Å². The summed E-state index contributed by atoms with van der Waals surface area (Å²) >= 11 is 6.06. The molecule has 1 atom stereocenters. The zero-order valence-corrected chi connectivity index (χ0v) is 18.6. The second kappa shape index (κ2) is 9.68. The molecule has 2 aromatic rings. The molecule has 1 fully saturated rings. The average molecular weight is 452 g/mol. The minimum atomic E-state index is -3.81. The Morgan fingerprint density at radius 2 is 1.80 bits per heavy atom. The van der Waals surface area contributed by atoms with Crippen LogP contribution in [0, 0.1) is 0 Å². The van der Waals surface area contributed by atoms with Gasteiger partial charge in [0.05, 0.1) is 17.5 Å². The number of nitrogens with one attached hydrogen (secondary N) is 1. The van der Waals surface area contributed by atoms with E-state index in [1.54, 1.807) is 24.0 Å². The molecule has 1 saturated heterocycles. The van der Waals surface area contributed by atoms with Gasteiger partial charge in [-0.25, -0.2) is 8.42 Å². The molecule has 1 heterocycles. The third kappa shape index (κ3) is 5.44. The van der Waals surface area contributed by atoms with Gasteiger partial charge in [0.15, 0.2) is 0 Å². The van der Waals surface area contributed by atoms with Crippen molar-refractivity contribution in [3.05, 3.63) is 53.6 Å². The second-order valence-electron chi connectivity index (χ2n) is 7.04. The Morgan fingerprint density at radius 3 is 2.40 bits per heavy atom. The van der Waals surface area contributed by atoms with Crippen molar-refractivity contribution in [2.75, 3.05) is 37.7 Å². The molecular formula is C21H26ClN3O4S. The molecule has 30 heavy (non-hydrogen) atoms. The van der Waals surface area contributed by atoms with E-state index in [0.717, 1.165) is 5.69 Å². The molecule has 0 aromatic heterocycles. The molecule has 0 unspecified atom stereocenters. The van der Waals surface area contributed by atoms with Crippen molar-refractivity contribution in [2.24, 2.45) is 0 Å². The number of nitrogens with zero attached hydrogens (tertiary/aromatic N) is 2. The summed E-state index contributed by atoms with van der Waals surface area (Å²) in [5, 5.41) is 0.670. The topological polar surface area (TPSA) is 78.9 Å². The highest BCUT2D eigenvalue weighted by atomic mass is 35.5. The van der Waals surface area contributed by atoms with Gasteiger partial charge in [0, 0.05) is 36.9 Å². The molecule has 9 heteroatoms. The Kier molecular flexibility index (Phi) is 7.23. The first kappa shape index (κ1) is 22.4. The molecular weight excluding hydrogens is 426 g/mol. The van der Waals surface area contributed by atoms with Crippen LogP contribution in [0.1, 0.15) is 13.8 Å². The van der Waals surface area contributed by atoms with Crippen molar-refractivity contribution < 1.29 is 17.9 Å². The van der Waals surface area contributed by atoms with Gasteiger partial charge >= 0.3 is 0 Å². The molecule has 0 aliphatic carbocycles. The highest BCUT2D eigenvalue weighted by Gasteiger charge is 2.28. The van der Waals surface area contributed by atoms with Gasteiger partial charge in [-0.2, -0.15) is 4.72 Å². The maximum Gasteiger partial charge on any atom is 0.241 e. The van der Waals surface area contributed by atoms with Crippen molar-refractivity contribution in [3.63, 3.8) is 0 Å². The van der Waals surface area contributed by atoms with Crippen LogP contribution < -0.4 is 14.4 Å². The number of anilines is 1. The number of carbonyl (C=O) groups is 1. The molecule has 162 valence electrons. The Morgan fingerprint density at radius 1 is 1.13 bits per heavy atom. The van der Waals surface area contributed by atoms with Gasteiger partial charge in [0.25, 0.3) is 0 Å². The molecule has 0 spiro atoms. The van der Waals surface area contributed by atoms with E-state index in [-0.39, 0.29) is 10.8 Å². The van der Waals surface area contributed by atoms with E-state index in [4.69, 9.17) is 16.3 Å². The van der Waals surface area contributed by atoms with E-state index in [1.807, 2.05) is 31.2 Å². The monoisotopic (exact) mass is 451 g/mol. The number of hydrogen-bond acceptors (Lipinski definition) is 5. The van der Waals surface area contributed by atoms with E-state index in [0.29, 0.717) is 43.6 Å². The number of amides is 1. The van der Waals surface area contributed by atoms with Gasteiger partial charge in [-0.1, -0.05) is 17.7 Å². The van der Waals surface area contributed by atoms with Crippen molar-refractivity contribution in [1.82, 2.24) is 9.62 Å². The summed E-state index contributed by atoms with van der Waals surface area (Å²) in [6.45, 7) is 6.27. The number of halogens is 1. The maximum absolute atomic E-state index is 12.8. The zero-order valence-electron chi connectivity index (χ0n) is 17.0. The minimum Gasteiger partial charge on any atom is -0.494 e. The highest BCUT2D eigenvalue weighted by molar-refractivity contribution is 7.89. The molecule has 0 saturated carbocycles. The molecule has 2 aromatic carbocycles. The fraction of sp³-hybridized carbons (Fsp3) is 0.381. The van der Waals surface area contributed by atoms with Gasteiger partial charge < -0.3 is 14.5 Å². The minimum absolute atomic E-state index is 0.0939. The lowest BCUT2D eigenvalue weighted by molar-refractivity contribution is -0.132. The lowest BCUT2D eigenvalue weighted by Gasteiger charge is -2.37. The standard InChI is InChI=1S/C21H26ClN3O4S/c1-3-29-19-7-9-20(10-8-19)30(27,28)23-16(2)21(26)25-13-11-24(12-14-25)18-6-4-5-17(22)15-18/h4-10,15-16,23H,3,11-14H2,1-2H3/t16-/m1/s1. The third-order valence-corrected chi connectivity index (χ3v) is 6.70. The number of carbonyl (C=O) groups excluding carboxylic acids is 1. The molecule has 1 N–H and O–H groups in total. The van der Waals surface area contributed by atoms with Crippen molar-refractivity contribution in [3.8, 4) is 5.75 Å². The van der Waals surface area contributed by atoms with Crippen LogP contribution in [-0.2, 0) is 14.8 Å². The molecule has 1 aliphatic heterocycles. The largest absolute Gasteiger partial charge is 0.494 e. The summed E-state index contributed by atoms with van der Waals surface area (Å²) in [5.41, 5.74) is 1.01. The first-order chi connectivity index (χ1) is 14.3. The van der Waals surface area contributed by atoms with E-state index in [1.165, 1.54) is 12.1 Å². The number of hydrogen-bond donors (Lipinski definition) is 1. The van der Waals surface area contributed by atoms with Crippen LogP contribution in [-0.4, -0.2) is 58.1 Å². The van der Waals surface area contributed by atoms with Gasteiger partial charge in [0.1, 0.15) is 5.75 Å². The molecule has 1 aliphatic rings. The first-order valence-corrected chi connectivity index (χ1v) is 11.7. The van der Waals surface area contributed by atoms with Gasteiger partial charge in [-0.15, -0.1) is 0 Å². The van der Waals surface area contributed by atoms with Crippen LogP contribution in [0.4, 0.5) is 5.69 Å². The zero-order chi connectivity index (χ0) is 21.7. The van der Waals surface area contributed by atoms with Gasteiger partial charge in [-0.3, -0.25) is 4.79 Å². The van der Waals surface area contributed by atoms with E-state index in [9.17, 15) is 13.2 Å². The maximum atomic E-state index is 12.8. The highest BCUT2D eigenvalue weighted by Crippen LogP contribution is 2.21. The lowest BCUT2D eigenvalue weighted by atomic mass is 10.2. The number of sulfonamides is 1. The fourth-order valence-electron chi connectivity index (χ4n) is 3.36. The number of rotatable bonds is 7. The Balaban J connectivity index is 1.58. The number of piperazine rings is 1. The number of benzene rings is 2. The third-order valence-electron chi connectivity index (χ3n) is 4.91. The van der Waals surface area contributed by atoms with E-state index in [2.05, 4.69) is 9.62 Å². The van der Waals surface area contributed by atoms with E-state index < -0.39 is 16.1 Å². The Hall–Kier alpha value is -2.29. The Bertz CT molecular complexity index is 974. The summed E-state index contributed by atoms with van der Waals surface area (Å²) in [5.74, 6) is 0.355. The fourth-order valence-corrected chi connectivity index (χ4v) is 4.75. The smallest absolute Gasteiger partial charge is 0.241 e. The number of ether oxygens (including phenoxy) is 1. The summed E-state index contributed by atoms with van der Waals surface area (Å²) in [6.07, 6.45) is 0. The predicted molar refractivity (Wildman–Crippen MR) is 118 cm³/mol. The SMILES string of the molecule is CCOc1ccc(S(=O)(=O)N[C@H](C)C(=O)N2CCN(c3cccc(Cl)c3)CC2)cc1. The summed E-state index contributed by atoms with van der Waals surface area (Å²) in [4.78, 5) is 16.7. The van der Waals surface area contributed by atoms with Crippen molar-refractivity contribution in [2.45, 2.75) is 24.8 Å². The normalized spacial score (nSPS) is 15.7. The van der Waals surface area contributed by atoms with Crippen molar-refractivity contribution >= 4 is 33.2 Å². The predicted octanol–water partition coefficient (Wildman–Crippen LogP) is 2.75. The van der Waals surface area contributed by atoms with Crippen LogP contribution in [0.3, 0.4) is 0 Å².